The SMILES string of the molecule is CC.CN(C(=O)OC(C)(C)C)c1cc(Cl)nc2c(C(=O)O)cnn12. The quantitative estimate of drug-likeness (QED) is 0.827. The van der Waals surface area contributed by atoms with Gasteiger partial charge in [0.2, 0.25) is 0 Å². The van der Waals surface area contributed by atoms with Crippen LogP contribution in [-0.4, -0.2) is 44.4 Å². The number of rotatable bonds is 2. The van der Waals surface area contributed by atoms with Crippen LogP contribution in [0.1, 0.15) is 45.0 Å². The number of fused-ring (bicyclic) bond motifs is 1. The molecule has 0 atom stereocenters. The second-order valence-electron chi connectivity index (χ2n) is 5.58. The van der Waals surface area contributed by atoms with Crippen molar-refractivity contribution in [3.8, 4) is 0 Å². The molecular weight excluding hydrogens is 336 g/mol. The lowest BCUT2D eigenvalue weighted by Gasteiger charge is -2.24. The average Bonchev–Trinajstić information content (AvgIpc) is 2.89. The molecule has 8 nitrogen and oxygen atoms in total. The van der Waals surface area contributed by atoms with E-state index in [1.165, 1.54) is 22.5 Å². The fraction of sp³-hybridized carbons (Fsp3) is 0.467. The van der Waals surface area contributed by atoms with Gasteiger partial charge in [-0.2, -0.15) is 9.61 Å². The first-order chi connectivity index (χ1) is 11.1. The van der Waals surface area contributed by atoms with Crippen LogP contribution in [0.2, 0.25) is 5.15 Å². The van der Waals surface area contributed by atoms with Gasteiger partial charge < -0.3 is 9.84 Å². The molecule has 2 heterocycles. The number of hydrogen-bond donors (Lipinski definition) is 1. The third kappa shape index (κ3) is 4.35. The average molecular weight is 357 g/mol. The van der Waals surface area contributed by atoms with Gasteiger partial charge in [-0.15, -0.1) is 0 Å². The Hall–Kier alpha value is -2.35. The molecule has 9 heteroatoms. The molecule has 0 bridgehead atoms. The van der Waals surface area contributed by atoms with Gasteiger partial charge in [-0.1, -0.05) is 25.4 Å². The van der Waals surface area contributed by atoms with Gasteiger partial charge in [0.15, 0.2) is 5.65 Å². The summed E-state index contributed by atoms with van der Waals surface area (Å²) >= 11 is 5.92. The number of carbonyl (C=O) groups is 2. The van der Waals surface area contributed by atoms with Crippen molar-refractivity contribution >= 4 is 35.1 Å². The van der Waals surface area contributed by atoms with Gasteiger partial charge in [0.05, 0.1) is 6.20 Å². The number of ether oxygens (including phenoxy) is 1. The minimum atomic E-state index is -1.18. The topological polar surface area (TPSA) is 97.0 Å². The van der Waals surface area contributed by atoms with Gasteiger partial charge in [0, 0.05) is 13.1 Å². The Morgan fingerprint density at radius 2 is 1.92 bits per heavy atom. The Balaban J connectivity index is 0.00000139. The van der Waals surface area contributed by atoms with Gasteiger partial charge in [0.25, 0.3) is 0 Å². The Labute approximate surface area is 145 Å². The van der Waals surface area contributed by atoms with E-state index in [1.54, 1.807) is 20.8 Å². The van der Waals surface area contributed by atoms with E-state index in [9.17, 15) is 9.59 Å². The highest BCUT2D eigenvalue weighted by molar-refractivity contribution is 6.30. The van der Waals surface area contributed by atoms with E-state index < -0.39 is 17.7 Å². The molecule has 0 spiro atoms. The summed E-state index contributed by atoms with van der Waals surface area (Å²) in [7, 11) is 1.47. The monoisotopic (exact) mass is 356 g/mol. The molecule has 0 aliphatic rings. The maximum atomic E-state index is 12.1. The highest BCUT2D eigenvalue weighted by Gasteiger charge is 2.24. The lowest BCUT2D eigenvalue weighted by Crippen LogP contribution is -2.35. The standard InChI is InChI=1S/C13H15ClN4O4.C2H6/c1-13(2,3)22-12(21)17(4)9-5-8(14)16-10-7(11(19)20)6-15-18(9)10;1-2/h5-6H,1-4H3,(H,19,20);1-2H3. The molecule has 0 unspecified atom stereocenters. The van der Waals surface area contributed by atoms with Gasteiger partial charge in [-0.3, -0.25) is 4.90 Å². The molecule has 0 fully saturated rings. The number of nitrogens with zero attached hydrogens (tertiary/aromatic N) is 4. The van der Waals surface area contributed by atoms with Crippen molar-refractivity contribution in [1.82, 2.24) is 14.6 Å². The van der Waals surface area contributed by atoms with E-state index >= 15 is 0 Å². The summed E-state index contributed by atoms with van der Waals surface area (Å²) in [4.78, 5) is 28.4. The summed E-state index contributed by atoms with van der Waals surface area (Å²) in [5, 5.41) is 13.1. The fourth-order valence-corrected chi connectivity index (χ4v) is 1.91. The zero-order valence-electron chi connectivity index (χ0n) is 14.5. The molecule has 1 N–H and O–H groups in total. The molecular formula is C15H21ClN4O4. The summed E-state index contributed by atoms with van der Waals surface area (Å²) in [5.74, 6) is -0.938. The second kappa shape index (κ2) is 7.48. The maximum absolute atomic E-state index is 12.1. The van der Waals surface area contributed by atoms with Gasteiger partial charge in [0.1, 0.15) is 22.1 Å². The zero-order chi connectivity index (χ0) is 18.7. The summed E-state index contributed by atoms with van der Waals surface area (Å²) in [5.41, 5.74) is -0.732. The molecule has 0 radical (unpaired) electrons. The number of aromatic nitrogens is 3. The molecule has 0 aliphatic carbocycles. The molecule has 0 aliphatic heterocycles. The smallest absolute Gasteiger partial charge is 0.415 e. The number of amides is 1. The number of hydrogen-bond acceptors (Lipinski definition) is 5. The Morgan fingerprint density at radius 3 is 2.42 bits per heavy atom. The summed E-state index contributed by atoms with van der Waals surface area (Å²) in [6, 6.07) is 1.40. The molecule has 0 saturated carbocycles. The van der Waals surface area contributed by atoms with Crippen molar-refractivity contribution in [2.24, 2.45) is 0 Å². The Kier molecular flexibility index (Phi) is 6.14. The third-order valence-corrected chi connectivity index (χ3v) is 2.86. The van der Waals surface area contributed by atoms with Gasteiger partial charge >= 0.3 is 12.1 Å². The maximum Gasteiger partial charge on any atom is 0.415 e. The lowest BCUT2D eigenvalue weighted by molar-refractivity contribution is 0.0587. The molecule has 2 aromatic heterocycles. The highest BCUT2D eigenvalue weighted by Crippen LogP contribution is 2.23. The van der Waals surface area contributed by atoms with E-state index in [4.69, 9.17) is 21.4 Å². The van der Waals surface area contributed by atoms with Crippen molar-refractivity contribution in [2.75, 3.05) is 11.9 Å². The summed E-state index contributed by atoms with van der Waals surface area (Å²) < 4.78 is 6.48. The Morgan fingerprint density at radius 1 is 1.33 bits per heavy atom. The number of carboxylic acids is 1. The van der Waals surface area contributed by atoms with Crippen LogP contribution in [0.5, 0.6) is 0 Å². The highest BCUT2D eigenvalue weighted by atomic mass is 35.5. The molecule has 2 aromatic rings. The van der Waals surface area contributed by atoms with E-state index in [0.29, 0.717) is 0 Å². The number of carboxylic acid groups (broad SMARTS) is 1. The van der Waals surface area contributed by atoms with E-state index in [-0.39, 0.29) is 22.2 Å². The third-order valence-electron chi connectivity index (χ3n) is 2.66. The van der Waals surface area contributed by atoms with Crippen LogP contribution in [0.25, 0.3) is 5.65 Å². The van der Waals surface area contributed by atoms with Crippen molar-refractivity contribution in [3.05, 3.63) is 23.0 Å². The van der Waals surface area contributed by atoms with E-state index in [2.05, 4.69) is 10.1 Å². The first kappa shape index (κ1) is 19.7. The largest absolute Gasteiger partial charge is 0.477 e. The predicted octanol–water partition coefficient (Wildman–Crippen LogP) is 3.48. The lowest BCUT2D eigenvalue weighted by atomic mass is 10.2. The van der Waals surface area contributed by atoms with Gasteiger partial charge in [-0.05, 0) is 20.8 Å². The van der Waals surface area contributed by atoms with Crippen molar-refractivity contribution < 1.29 is 19.4 Å². The van der Waals surface area contributed by atoms with Crippen molar-refractivity contribution in [1.29, 1.82) is 0 Å². The molecule has 1 amide bonds. The number of carbonyl (C=O) groups excluding carboxylic acids is 1. The molecule has 2 rings (SSSR count). The number of halogens is 1. The van der Waals surface area contributed by atoms with E-state index in [0.717, 1.165) is 6.20 Å². The molecule has 0 aromatic carbocycles. The first-order valence-electron chi connectivity index (χ1n) is 7.34. The zero-order valence-corrected chi connectivity index (χ0v) is 15.2. The van der Waals surface area contributed by atoms with Crippen LogP contribution in [0.3, 0.4) is 0 Å². The summed E-state index contributed by atoms with van der Waals surface area (Å²) in [6.45, 7) is 9.22. The number of aromatic carboxylic acids is 1. The number of anilines is 1. The van der Waals surface area contributed by atoms with Crippen LogP contribution in [0.4, 0.5) is 10.6 Å². The van der Waals surface area contributed by atoms with E-state index in [1.807, 2.05) is 13.8 Å². The predicted molar refractivity (Wildman–Crippen MR) is 90.9 cm³/mol. The molecule has 24 heavy (non-hydrogen) atoms. The Bertz CT molecular complexity index is 752. The van der Waals surface area contributed by atoms with Crippen LogP contribution in [0, 0.1) is 0 Å². The van der Waals surface area contributed by atoms with Crippen LogP contribution < -0.4 is 4.90 Å². The molecule has 0 saturated heterocycles. The van der Waals surface area contributed by atoms with Gasteiger partial charge in [-0.25, -0.2) is 14.6 Å². The van der Waals surface area contributed by atoms with Crippen LogP contribution in [-0.2, 0) is 4.74 Å². The minimum absolute atomic E-state index is 0.0425. The van der Waals surface area contributed by atoms with Crippen LogP contribution in [0.15, 0.2) is 12.3 Å². The normalized spacial score (nSPS) is 10.8. The van der Waals surface area contributed by atoms with Crippen molar-refractivity contribution in [2.45, 2.75) is 40.2 Å². The second-order valence-corrected chi connectivity index (χ2v) is 5.96. The first-order valence-corrected chi connectivity index (χ1v) is 7.72. The fourth-order valence-electron chi connectivity index (χ4n) is 1.73. The van der Waals surface area contributed by atoms with Crippen molar-refractivity contribution in [3.63, 3.8) is 0 Å². The van der Waals surface area contributed by atoms with Crippen LogP contribution >= 0.6 is 11.6 Å². The molecule has 132 valence electrons. The minimum Gasteiger partial charge on any atom is -0.477 e. The summed E-state index contributed by atoms with van der Waals surface area (Å²) in [6.07, 6.45) is 0.524.